The maximum absolute atomic E-state index is 13.4. The SMILES string of the molecule is O=C(Nc1cnn(Cc2ccc(F)cc2)c1C(=O)O)c1cc(C(F)(F)F)nc2ccc(Br)cc12. The van der Waals surface area contributed by atoms with Crippen LogP contribution in [0.15, 0.2) is 59.2 Å². The quantitative estimate of drug-likeness (QED) is 0.335. The standard InChI is InChI=1S/C22H13BrF4N4O3/c23-12-3-6-16-14(7-12)15(8-18(29-16)22(25,26)27)20(32)30-17-9-28-31(19(17)21(33)34)10-11-1-4-13(24)5-2-11/h1-9H,10H2,(H,30,32)(H,33,34). The van der Waals surface area contributed by atoms with E-state index in [1.54, 1.807) is 0 Å². The van der Waals surface area contributed by atoms with Gasteiger partial charge in [-0.25, -0.2) is 14.2 Å². The van der Waals surface area contributed by atoms with Crippen LogP contribution in [0.3, 0.4) is 0 Å². The highest BCUT2D eigenvalue weighted by molar-refractivity contribution is 9.10. The third-order valence-corrected chi connectivity index (χ3v) is 5.33. The Hall–Kier alpha value is -3.80. The van der Waals surface area contributed by atoms with Gasteiger partial charge in [-0.05, 0) is 42.0 Å². The number of rotatable bonds is 5. The van der Waals surface area contributed by atoms with Crippen LogP contribution in [0.5, 0.6) is 0 Å². The predicted molar refractivity (Wildman–Crippen MR) is 117 cm³/mol. The van der Waals surface area contributed by atoms with Gasteiger partial charge in [-0.2, -0.15) is 18.3 Å². The smallest absolute Gasteiger partial charge is 0.433 e. The number of hydrogen-bond donors (Lipinski definition) is 2. The molecule has 0 unspecified atom stereocenters. The van der Waals surface area contributed by atoms with Gasteiger partial charge in [0, 0.05) is 9.86 Å². The van der Waals surface area contributed by atoms with Crippen molar-refractivity contribution < 1.29 is 32.3 Å². The molecule has 0 spiro atoms. The molecule has 4 rings (SSSR count). The van der Waals surface area contributed by atoms with Crippen molar-refractivity contribution in [3.8, 4) is 0 Å². The minimum absolute atomic E-state index is 0.0405. The Balaban J connectivity index is 1.73. The van der Waals surface area contributed by atoms with Crippen molar-refractivity contribution >= 4 is 44.4 Å². The van der Waals surface area contributed by atoms with E-state index in [-0.39, 0.29) is 28.7 Å². The second-order valence-corrected chi connectivity index (χ2v) is 8.08. The maximum Gasteiger partial charge on any atom is 0.433 e. The Bertz CT molecular complexity index is 1420. The molecule has 0 radical (unpaired) electrons. The Kier molecular flexibility index (Phi) is 6.09. The minimum Gasteiger partial charge on any atom is -0.476 e. The van der Waals surface area contributed by atoms with E-state index >= 15 is 0 Å². The topological polar surface area (TPSA) is 97.1 Å². The van der Waals surface area contributed by atoms with Crippen LogP contribution in [0.25, 0.3) is 10.9 Å². The van der Waals surface area contributed by atoms with Crippen molar-refractivity contribution in [1.82, 2.24) is 14.8 Å². The number of halogens is 5. The molecule has 34 heavy (non-hydrogen) atoms. The van der Waals surface area contributed by atoms with Gasteiger partial charge in [0.25, 0.3) is 5.91 Å². The van der Waals surface area contributed by atoms with Gasteiger partial charge < -0.3 is 10.4 Å². The van der Waals surface area contributed by atoms with Crippen molar-refractivity contribution in [2.24, 2.45) is 0 Å². The van der Waals surface area contributed by atoms with E-state index in [2.05, 4.69) is 31.3 Å². The van der Waals surface area contributed by atoms with Crippen molar-refractivity contribution in [3.05, 3.63) is 87.5 Å². The summed E-state index contributed by atoms with van der Waals surface area (Å²) in [5, 5.41) is 16.1. The lowest BCUT2D eigenvalue weighted by Gasteiger charge is -2.12. The summed E-state index contributed by atoms with van der Waals surface area (Å²) in [5.41, 5.74) is -1.74. The number of alkyl halides is 3. The van der Waals surface area contributed by atoms with Gasteiger partial charge in [0.05, 0.1) is 29.5 Å². The molecule has 0 fully saturated rings. The van der Waals surface area contributed by atoms with Crippen LogP contribution in [0.4, 0.5) is 23.2 Å². The summed E-state index contributed by atoms with van der Waals surface area (Å²) in [5.74, 6) is -2.86. The van der Waals surface area contributed by atoms with Crippen LogP contribution >= 0.6 is 15.9 Å². The molecule has 2 heterocycles. The number of nitrogens with zero attached hydrogens (tertiary/aromatic N) is 3. The fourth-order valence-electron chi connectivity index (χ4n) is 3.31. The highest BCUT2D eigenvalue weighted by atomic mass is 79.9. The summed E-state index contributed by atoms with van der Waals surface area (Å²) in [4.78, 5) is 28.5. The highest BCUT2D eigenvalue weighted by Crippen LogP contribution is 2.32. The predicted octanol–water partition coefficient (Wildman–Crippen LogP) is 5.35. The summed E-state index contributed by atoms with van der Waals surface area (Å²) < 4.78 is 54.8. The van der Waals surface area contributed by atoms with Crippen molar-refractivity contribution in [2.45, 2.75) is 12.7 Å². The second-order valence-electron chi connectivity index (χ2n) is 7.16. The molecule has 0 aliphatic rings. The first-order valence-electron chi connectivity index (χ1n) is 9.55. The maximum atomic E-state index is 13.4. The number of benzene rings is 2. The Labute approximate surface area is 197 Å². The van der Waals surface area contributed by atoms with Crippen molar-refractivity contribution in [1.29, 1.82) is 0 Å². The lowest BCUT2D eigenvalue weighted by molar-refractivity contribution is -0.141. The number of aromatic nitrogens is 3. The van der Waals surface area contributed by atoms with Gasteiger partial charge >= 0.3 is 12.1 Å². The molecule has 0 saturated heterocycles. The number of carboxylic acids is 1. The summed E-state index contributed by atoms with van der Waals surface area (Å²) in [6, 6.07) is 10.1. The molecular weight excluding hydrogens is 524 g/mol. The summed E-state index contributed by atoms with van der Waals surface area (Å²) in [6.45, 7) is -0.0405. The Morgan fingerprint density at radius 2 is 1.79 bits per heavy atom. The molecule has 7 nitrogen and oxygen atoms in total. The fourth-order valence-corrected chi connectivity index (χ4v) is 3.67. The number of aromatic carboxylic acids is 1. The normalized spacial score (nSPS) is 11.6. The minimum atomic E-state index is -4.80. The van der Waals surface area contributed by atoms with E-state index in [9.17, 15) is 32.3 Å². The van der Waals surface area contributed by atoms with Gasteiger partial charge in [0.15, 0.2) is 5.69 Å². The number of nitrogens with one attached hydrogen (secondary N) is 1. The number of carbonyl (C=O) groups is 2. The van der Waals surface area contributed by atoms with Crippen LogP contribution in [0.2, 0.25) is 0 Å². The Morgan fingerprint density at radius 1 is 1.09 bits per heavy atom. The van der Waals surface area contributed by atoms with Gasteiger partial charge in [-0.3, -0.25) is 9.48 Å². The van der Waals surface area contributed by atoms with Gasteiger partial charge in [-0.15, -0.1) is 0 Å². The summed E-state index contributed by atoms with van der Waals surface area (Å²) >= 11 is 3.21. The van der Waals surface area contributed by atoms with Crippen LogP contribution in [-0.2, 0) is 12.7 Å². The molecule has 0 atom stereocenters. The fraction of sp³-hybridized carbons (Fsp3) is 0.0909. The van der Waals surface area contributed by atoms with E-state index in [0.717, 1.165) is 10.9 Å². The summed E-state index contributed by atoms with van der Waals surface area (Å²) in [7, 11) is 0. The number of fused-ring (bicyclic) bond motifs is 1. The second kappa shape index (κ2) is 8.86. The number of carbonyl (C=O) groups excluding carboxylic acids is 1. The molecule has 2 aromatic carbocycles. The molecule has 0 bridgehead atoms. The molecule has 4 aromatic rings. The number of hydrogen-bond acceptors (Lipinski definition) is 4. The molecule has 12 heteroatoms. The van der Waals surface area contributed by atoms with Crippen LogP contribution in [0.1, 0.15) is 32.1 Å². The first-order chi connectivity index (χ1) is 16.0. The lowest BCUT2D eigenvalue weighted by Crippen LogP contribution is -2.18. The molecule has 0 saturated carbocycles. The van der Waals surface area contributed by atoms with Crippen LogP contribution in [0, 0.1) is 5.82 Å². The Morgan fingerprint density at radius 3 is 2.44 bits per heavy atom. The third kappa shape index (κ3) is 4.76. The lowest BCUT2D eigenvalue weighted by atomic mass is 10.1. The first-order valence-corrected chi connectivity index (χ1v) is 10.3. The van der Waals surface area contributed by atoms with E-state index in [1.807, 2.05) is 0 Å². The molecule has 2 aromatic heterocycles. The van der Waals surface area contributed by atoms with Crippen LogP contribution < -0.4 is 5.32 Å². The molecule has 174 valence electrons. The monoisotopic (exact) mass is 536 g/mol. The average Bonchev–Trinajstić information content (AvgIpc) is 3.16. The molecular formula is C22H13BrF4N4O3. The zero-order valence-electron chi connectivity index (χ0n) is 16.9. The van der Waals surface area contributed by atoms with Crippen LogP contribution in [-0.4, -0.2) is 31.7 Å². The molecule has 0 aliphatic heterocycles. The number of amides is 1. The molecule has 0 aliphatic carbocycles. The first kappa shape index (κ1) is 23.4. The number of carboxylic acid groups (broad SMARTS) is 1. The molecule has 1 amide bonds. The van der Waals surface area contributed by atoms with E-state index in [0.29, 0.717) is 16.1 Å². The number of anilines is 1. The van der Waals surface area contributed by atoms with E-state index in [1.165, 1.54) is 42.5 Å². The zero-order chi connectivity index (χ0) is 24.6. The molecule has 2 N–H and O–H groups in total. The number of pyridine rings is 1. The van der Waals surface area contributed by atoms with E-state index in [4.69, 9.17) is 0 Å². The van der Waals surface area contributed by atoms with Crippen molar-refractivity contribution in [3.63, 3.8) is 0 Å². The van der Waals surface area contributed by atoms with E-state index < -0.39 is 35.3 Å². The van der Waals surface area contributed by atoms with Gasteiger partial charge in [-0.1, -0.05) is 28.1 Å². The zero-order valence-corrected chi connectivity index (χ0v) is 18.5. The van der Waals surface area contributed by atoms with Gasteiger partial charge in [0.1, 0.15) is 11.5 Å². The van der Waals surface area contributed by atoms with Crippen molar-refractivity contribution in [2.75, 3.05) is 5.32 Å². The van der Waals surface area contributed by atoms with Gasteiger partial charge in [0.2, 0.25) is 0 Å². The third-order valence-electron chi connectivity index (χ3n) is 4.84. The average molecular weight is 537 g/mol. The summed E-state index contributed by atoms with van der Waals surface area (Å²) in [6.07, 6.45) is -3.72. The highest BCUT2D eigenvalue weighted by Gasteiger charge is 2.34. The largest absolute Gasteiger partial charge is 0.476 e.